The van der Waals surface area contributed by atoms with Crippen molar-refractivity contribution in [2.45, 2.75) is 40.3 Å². The van der Waals surface area contributed by atoms with Crippen molar-refractivity contribution in [2.24, 2.45) is 0 Å². The number of carbonyl (C=O) groups is 1. The zero-order valence-electron chi connectivity index (χ0n) is 12.7. The Balaban J connectivity index is 1.95. The zero-order chi connectivity index (χ0) is 16.3. The molecule has 0 aliphatic rings. The monoisotopic (exact) mass is 306 g/mol. The number of nitrogens with one attached hydrogen (secondary N) is 1. The van der Waals surface area contributed by atoms with Crippen LogP contribution in [0.5, 0.6) is 0 Å². The second-order valence-corrected chi connectivity index (χ2v) is 4.85. The van der Waals surface area contributed by atoms with Crippen LogP contribution in [0.2, 0.25) is 0 Å². The number of anilines is 1. The number of hydrogen-bond acceptors (Lipinski definition) is 5. The first-order valence-electron chi connectivity index (χ1n) is 6.93. The van der Waals surface area contributed by atoms with Crippen molar-refractivity contribution in [3.05, 3.63) is 33.9 Å². The third-order valence-electron chi connectivity index (χ3n) is 3.50. The summed E-state index contributed by atoms with van der Waals surface area (Å²) in [6.45, 7) is 6.48. The summed E-state index contributed by atoms with van der Waals surface area (Å²) < 4.78 is 3.25. The maximum absolute atomic E-state index is 12.0. The summed E-state index contributed by atoms with van der Waals surface area (Å²) in [6.07, 6.45) is 2.99. The molecule has 1 amide bonds. The number of aryl methyl sites for hydroxylation is 2. The minimum atomic E-state index is -0.485. The number of rotatable bonds is 6. The molecule has 0 unspecified atom stereocenters. The first kappa shape index (κ1) is 15.7. The largest absolute Gasteiger partial charge is 0.323 e. The van der Waals surface area contributed by atoms with Gasteiger partial charge in [-0.05, 0) is 20.8 Å². The van der Waals surface area contributed by atoms with E-state index in [1.807, 2.05) is 13.8 Å². The van der Waals surface area contributed by atoms with Crippen molar-refractivity contribution in [1.82, 2.24) is 19.6 Å². The molecule has 9 heteroatoms. The molecule has 9 nitrogen and oxygen atoms in total. The molecule has 0 radical (unpaired) electrons. The van der Waals surface area contributed by atoms with Gasteiger partial charge in [0.15, 0.2) is 0 Å². The highest BCUT2D eigenvalue weighted by Crippen LogP contribution is 2.17. The molecule has 0 atom stereocenters. The van der Waals surface area contributed by atoms with Gasteiger partial charge in [0, 0.05) is 13.0 Å². The number of carbonyl (C=O) groups excluding carboxylic acids is 1. The molecule has 1 N–H and O–H groups in total. The Morgan fingerprint density at radius 3 is 2.50 bits per heavy atom. The van der Waals surface area contributed by atoms with E-state index in [1.165, 1.54) is 10.9 Å². The third kappa shape index (κ3) is 3.13. The molecule has 0 aromatic carbocycles. The molecule has 0 aliphatic carbocycles. The van der Waals surface area contributed by atoms with Crippen molar-refractivity contribution < 1.29 is 9.72 Å². The summed E-state index contributed by atoms with van der Waals surface area (Å²) in [5.41, 5.74) is 1.96. The van der Waals surface area contributed by atoms with Gasteiger partial charge in [-0.15, -0.1) is 0 Å². The first-order valence-corrected chi connectivity index (χ1v) is 6.93. The number of amides is 1. The summed E-state index contributed by atoms with van der Waals surface area (Å²) in [5.74, 6) is -0.184. The molecule has 0 spiro atoms. The molecular weight excluding hydrogens is 288 g/mol. The summed E-state index contributed by atoms with van der Waals surface area (Å²) in [4.78, 5) is 22.2. The van der Waals surface area contributed by atoms with Crippen LogP contribution in [0.25, 0.3) is 0 Å². The van der Waals surface area contributed by atoms with Crippen LogP contribution < -0.4 is 5.32 Å². The van der Waals surface area contributed by atoms with E-state index in [4.69, 9.17) is 0 Å². The minimum Gasteiger partial charge on any atom is -0.323 e. The average Bonchev–Trinajstić information content (AvgIpc) is 3.01. The van der Waals surface area contributed by atoms with E-state index < -0.39 is 4.92 Å². The van der Waals surface area contributed by atoms with Gasteiger partial charge in [-0.3, -0.25) is 24.3 Å². The molecule has 0 fully saturated rings. The molecule has 0 saturated heterocycles. The molecule has 2 rings (SSSR count). The SMILES string of the molecule is CCn1ncc(NC(=O)CCn2ncc([N+](=O)[O-])c2C)c1C. The van der Waals surface area contributed by atoms with Crippen LogP contribution in [0, 0.1) is 24.0 Å². The van der Waals surface area contributed by atoms with Crippen molar-refractivity contribution in [2.75, 3.05) is 5.32 Å². The fourth-order valence-corrected chi connectivity index (χ4v) is 2.15. The van der Waals surface area contributed by atoms with E-state index in [9.17, 15) is 14.9 Å². The lowest BCUT2D eigenvalue weighted by atomic mass is 10.3. The van der Waals surface area contributed by atoms with Crippen molar-refractivity contribution in [3.8, 4) is 0 Å². The van der Waals surface area contributed by atoms with Gasteiger partial charge in [0.1, 0.15) is 11.9 Å². The fraction of sp³-hybridized carbons (Fsp3) is 0.462. The summed E-state index contributed by atoms with van der Waals surface area (Å²) in [5, 5.41) is 21.6. The highest BCUT2D eigenvalue weighted by Gasteiger charge is 2.17. The first-order chi connectivity index (χ1) is 10.4. The van der Waals surface area contributed by atoms with Gasteiger partial charge in [-0.1, -0.05) is 0 Å². The quantitative estimate of drug-likeness (QED) is 0.645. The zero-order valence-corrected chi connectivity index (χ0v) is 12.7. The Hall–Kier alpha value is -2.71. The molecule has 0 saturated carbocycles. The van der Waals surface area contributed by atoms with Gasteiger partial charge in [-0.25, -0.2) is 0 Å². The van der Waals surface area contributed by atoms with E-state index in [-0.39, 0.29) is 24.6 Å². The van der Waals surface area contributed by atoms with Crippen LogP contribution in [-0.2, 0) is 17.9 Å². The second-order valence-electron chi connectivity index (χ2n) is 4.85. The molecule has 2 heterocycles. The van der Waals surface area contributed by atoms with Gasteiger partial charge in [0.2, 0.25) is 5.91 Å². The predicted molar refractivity (Wildman–Crippen MR) is 79.5 cm³/mol. The van der Waals surface area contributed by atoms with E-state index in [0.29, 0.717) is 11.4 Å². The predicted octanol–water partition coefficient (Wildman–Crippen LogP) is 1.65. The molecule has 0 aliphatic heterocycles. The number of nitro groups is 1. The van der Waals surface area contributed by atoms with Gasteiger partial charge in [0.05, 0.1) is 29.0 Å². The minimum absolute atomic E-state index is 0.0412. The lowest BCUT2D eigenvalue weighted by Crippen LogP contribution is -2.16. The number of aromatic nitrogens is 4. The van der Waals surface area contributed by atoms with Crippen LogP contribution in [0.15, 0.2) is 12.4 Å². The van der Waals surface area contributed by atoms with E-state index in [1.54, 1.807) is 17.8 Å². The van der Waals surface area contributed by atoms with Gasteiger partial charge < -0.3 is 5.32 Å². The molecule has 118 valence electrons. The average molecular weight is 306 g/mol. The van der Waals surface area contributed by atoms with Gasteiger partial charge >= 0.3 is 5.69 Å². The second kappa shape index (κ2) is 6.37. The van der Waals surface area contributed by atoms with Crippen LogP contribution in [0.4, 0.5) is 11.4 Å². The number of nitrogens with zero attached hydrogens (tertiary/aromatic N) is 5. The van der Waals surface area contributed by atoms with Crippen molar-refractivity contribution in [1.29, 1.82) is 0 Å². The lowest BCUT2D eigenvalue weighted by Gasteiger charge is -2.06. The van der Waals surface area contributed by atoms with E-state index in [2.05, 4.69) is 15.5 Å². The smallest absolute Gasteiger partial charge is 0.309 e. The Labute approximate surface area is 127 Å². The summed E-state index contributed by atoms with van der Waals surface area (Å²) >= 11 is 0. The third-order valence-corrected chi connectivity index (χ3v) is 3.50. The molecule has 0 bridgehead atoms. The summed E-state index contributed by atoms with van der Waals surface area (Å²) in [6, 6.07) is 0. The van der Waals surface area contributed by atoms with Crippen molar-refractivity contribution in [3.63, 3.8) is 0 Å². The molecular formula is C13H18N6O3. The topological polar surface area (TPSA) is 108 Å². The normalized spacial score (nSPS) is 10.7. The van der Waals surface area contributed by atoms with Crippen LogP contribution >= 0.6 is 0 Å². The van der Waals surface area contributed by atoms with Gasteiger partial charge in [-0.2, -0.15) is 10.2 Å². The maximum Gasteiger partial charge on any atom is 0.309 e. The Bertz CT molecular complexity index is 703. The fourth-order valence-electron chi connectivity index (χ4n) is 2.15. The molecule has 2 aromatic heterocycles. The maximum atomic E-state index is 12.0. The van der Waals surface area contributed by atoms with Crippen LogP contribution in [-0.4, -0.2) is 30.4 Å². The van der Waals surface area contributed by atoms with Gasteiger partial charge in [0.25, 0.3) is 0 Å². The van der Waals surface area contributed by atoms with E-state index >= 15 is 0 Å². The molecule has 22 heavy (non-hydrogen) atoms. The lowest BCUT2D eigenvalue weighted by molar-refractivity contribution is -0.385. The highest BCUT2D eigenvalue weighted by molar-refractivity contribution is 5.91. The van der Waals surface area contributed by atoms with Crippen molar-refractivity contribution >= 4 is 17.3 Å². The highest BCUT2D eigenvalue weighted by atomic mass is 16.6. The summed E-state index contributed by atoms with van der Waals surface area (Å²) in [7, 11) is 0. The van der Waals surface area contributed by atoms with E-state index in [0.717, 1.165) is 12.2 Å². The van der Waals surface area contributed by atoms with Crippen LogP contribution in [0.1, 0.15) is 24.7 Å². The standard InChI is InChI=1S/C13H18N6O3/c1-4-17-9(2)11(7-14-17)16-13(20)5-6-18-10(3)12(8-15-18)19(21)22/h7-8H,4-6H2,1-3H3,(H,16,20). The Kier molecular flexibility index (Phi) is 4.54. The Morgan fingerprint density at radius 1 is 1.27 bits per heavy atom. The Morgan fingerprint density at radius 2 is 1.95 bits per heavy atom. The molecule has 2 aromatic rings. The van der Waals surface area contributed by atoms with Crippen LogP contribution in [0.3, 0.4) is 0 Å². The number of hydrogen-bond donors (Lipinski definition) is 1.